The lowest BCUT2D eigenvalue weighted by atomic mass is 10.0. The van der Waals surface area contributed by atoms with E-state index >= 15 is 0 Å². The average Bonchev–Trinajstić information content (AvgIpc) is 2.78. The van der Waals surface area contributed by atoms with Crippen LogP contribution >= 0.6 is 0 Å². The predicted octanol–water partition coefficient (Wildman–Crippen LogP) is 8.06. The van der Waals surface area contributed by atoms with Crippen molar-refractivity contribution in [2.24, 2.45) is 0 Å². The van der Waals surface area contributed by atoms with Gasteiger partial charge in [-0.15, -0.1) is 6.58 Å². The van der Waals surface area contributed by atoms with E-state index in [-0.39, 0.29) is 17.7 Å². The Morgan fingerprint density at radius 3 is 1.53 bits per heavy atom. The molecule has 0 aromatic heterocycles. The molecule has 180 valence electrons. The number of hydrogen-bond acceptors (Lipinski definition) is 4. The minimum atomic E-state index is -0.500. The second-order valence-electron chi connectivity index (χ2n) is 8.77. The van der Waals surface area contributed by atoms with Gasteiger partial charge in [-0.2, -0.15) is 0 Å². The predicted molar refractivity (Wildman–Crippen MR) is 132 cm³/mol. The quantitative estimate of drug-likeness (QED) is 0.123. The van der Waals surface area contributed by atoms with Gasteiger partial charge in [-0.3, -0.25) is 0 Å². The lowest BCUT2D eigenvalue weighted by Crippen LogP contribution is -2.15. The van der Waals surface area contributed by atoms with Gasteiger partial charge >= 0.3 is 11.9 Å². The van der Waals surface area contributed by atoms with E-state index in [1.807, 2.05) is 6.92 Å². The number of carbonyl (C=O) groups is 2. The average molecular weight is 445 g/mol. The summed E-state index contributed by atoms with van der Waals surface area (Å²) in [5.41, 5.74) is 1.47. The highest BCUT2D eigenvalue weighted by Gasteiger charge is 2.18. The summed E-state index contributed by atoms with van der Waals surface area (Å²) in [4.78, 5) is 24.7. The topological polar surface area (TPSA) is 52.6 Å². The Morgan fingerprint density at radius 1 is 0.688 bits per heavy atom. The molecule has 0 saturated carbocycles. The van der Waals surface area contributed by atoms with Crippen LogP contribution in [0, 0.1) is 0 Å². The van der Waals surface area contributed by atoms with E-state index in [1.54, 1.807) is 24.3 Å². The van der Waals surface area contributed by atoms with E-state index in [2.05, 4.69) is 13.5 Å². The van der Waals surface area contributed by atoms with E-state index in [4.69, 9.17) is 9.47 Å². The molecule has 0 radical (unpaired) electrons. The summed E-state index contributed by atoms with van der Waals surface area (Å²) < 4.78 is 10.6. The van der Waals surface area contributed by atoms with E-state index in [0.717, 1.165) is 18.4 Å². The molecular weight excluding hydrogens is 400 g/mol. The van der Waals surface area contributed by atoms with Crippen molar-refractivity contribution in [1.29, 1.82) is 0 Å². The molecule has 1 aromatic rings. The van der Waals surface area contributed by atoms with E-state index in [9.17, 15) is 9.59 Å². The molecule has 4 nitrogen and oxygen atoms in total. The molecule has 1 aromatic carbocycles. The third-order valence-corrected chi connectivity index (χ3v) is 5.61. The van der Waals surface area contributed by atoms with Gasteiger partial charge in [0.25, 0.3) is 0 Å². The Labute approximate surface area is 195 Å². The van der Waals surface area contributed by atoms with Crippen molar-refractivity contribution in [3.8, 4) is 0 Å². The van der Waals surface area contributed by atoms with Crippen LogP contribution in [-0.4, -0.2) is 25.2 Å². The molecule has 0 aliphatic carbocycles. The molecule has 0 atom stereocenters. The van der Waals surface area contributed by atoms with Gasteiger partial charge in [0.05, 0.1) is 24.3 Å². The SMILES string of the molecule is C=C(C)CCOC(=O)c1ccccc1C(=O)OCCCCCCCCCCCCCCC. The molecule has 0 N–H and O–H groups in total. The zero-order valence-corrected chi connectivity index (χ0v) is 20.5. The van der Waals surface area contributed by atoms with Crippen molar-refractivity contribution in [3.63, 3.8) is 0 Å². The first-order valence-electron chi connectivity index (χ1n) is 12.6. The zero-order chi connectivity index (χ0) is 23.4. The fourth-order valence-corrected chi connectivity index (χ4v) is 3.60. The summed E-state index contributed by atoms with van der Waals surface area (Å²) in [5, 5.41) is 0. The Morgan fingerprint density at radius 2 is 1.09 bits per heavy atom. The van der Waals surface area contributed by atoms with Crippen molar-refractivity contribution in [3.05, 3.63) is 47.5 Å². The molecule has 0 bridgehead atoms. The highest BCUT2D eigenvalue weighted by Crippen LogP contribution is 2.15. The Kier molecular flexibility index (Phi) is 16.1. The Bertz CT molecular complexity index is 665. The summed E-state index contributed by atoms with van der Waals surface area (Å²) in [5.74, 6) is -0.962. The minimum absolute atomic E-state index is 0.254. The van der Waals surface area contributed by atoms with Gasteiger partial charge in [0.15, 0.2) is 0 Å². The van der Waals surface area contributed by atoms with E-state index < -0.39 is 11.9 Å². The van der Waals surface area contributed by atoms with Gasteiger partial charge in [0.1, 0.15) is 0 Å². The summed E-state index contributed by atoms with van der Waals surface area (Å²) >= 11 is 0. The molecule has 0 aliphatic rings. The molecule has 0 fully saturated rings. The van der Waals surface area contributed by atoms with Gasteiger partial charge in [0.2, 0.25) is 0 Å². The minimum Gasteiger partial charge on any atom is -0.462 e. The number of esters is 2. The number of ether oxygens (including phenoxy) is 2. The van der Waals surface area contributed by atoms with Crippen molar-refractivity contribution in [1.82, 2.24) is 0 Å². The number of rotatable bonds is 19. The van der Waals surface area contributed by atoms with Crippen molar-refractivity contribution >= 4 is 11.9 Å². The van der Waals surface area contributed by atoms with Gasteiger partial charge in [0, 0.05) is 6.42 Å². The molecule has 0 saturated heterocycles. The third kappa shape index (κ3) is 13.3. The maximum Gasteiger partial charge on any atom is 0.339 e. The Hall–Kier alpha value is -2.10. The molecule has 4 heteroatoms. The standard InChI is InChI=1S/C28H44O4/c1-4-5-6-7-8-9-10-11-12-13-14-15-18-22-31-27(29)25-19-16-17-20-26(25)28(30)32-23-21-24(2)3/h16-17,19-20H,2,4-15,18,21-23H2,1,3H3. The monoisotopic (exact) mass is 444 g/mol. The molecule has 0 spiro atoms. The van der Waals surface area contributed by atoms with Gasteiger partial charge in [-0.05, 0) is 25.5 Å². The second-order valence-corrected chi connectivity index (χ2v) is 8.77. The fraction of sp³-hybridized carbons (Fsp3) is 0.643. The van der Waals surface area contributed by atoms with Crippen LogP contribution in [-0.2, 0) is 9.47 Å². The smallest absolute Gasteiger partial charge is 0.339 e. The van der Waals surface area contributed by atoms with E-state index in [0.29, 0.717) is 13.0 Å². The maximum atomic E-state index is 12.4. The maximum absolute atomic E-state index is 12.4. The molecular formula is C28H44O4. The van der Waals surface area contributed by atoms with Gasteiger partial charge < -0.3 is 9.47 Å². The third-order valence-electron chi connectivity index (χ3n) is 5.61. The first kappa shape index (κ1) is 27.9. The zero-order valence-electron chi connectivity index (χ0n) is 20.5. The lowest BCUT2D eigenvalue weighted by molar-refractivity contribution is 0.0456. The first-order chi connectivity index (χ1) is 15.6. The lowest BCUT2D eigenvalue weighted by Gasteiger charge is -2.10. The molecule has 1 rings (SSSR count). The summed E-state index contributed by atoms with van der Waals surface area (Å²) in [6.07, 6.45) is 17.2. The largest absolute Gasteiger partial charge is 0.462 e. The number of carbonyl (C=O) groups excluding carboxylic acids is 2. The fourth-order valence-electron chi connectivity index (χ4n) is 3.60. The van der Waals surface area contributed by atoms with Crippen LogP contribution in [0.25, 0.3) is 0 Å². The normalized spacial score (nSPS) is 10.7. The molecule has 0 unspecified atom stereocenters. The van der Waals surface area contributed by atoms with E-state index in [1.165, 1.54) is 70.6 Å². The van der Waals surface area contributed by atoms with Crippen molar-refractivity contribution in [2.75, 3.05) is 13.2 Å². The van der Waals surface area contributed by atoms with Crippen molar-refractivity contribution in [2.45, 2.75) is 104 Å². The molecule has 0 aliphatic heterocycles. The van der Waals surface area contributed by atoms with Crippen molar-refractivity contribution < 1.29 is 19.1 Å². The molecule has 32 heavy (non-hydrogen) atoms. The summed E-state index contributed by atoms with van der Waals surface area (Å²) in [6, 6.07) is 6.66. The number of hydrogen-bond donors (Lipinski definition) is 0. The first-order valence-corrected chi connectivity index (χ1v) is 12.6. The summed E-state index contributed by atoms with van der Waals surface area (Å²) in [6.45, 7) is 8.58. The van der Waals surface area contributed by atoms with Gasteiger partial charge in [-0.1, -0.05) is 102 Å². The highest BCUT2D eigenvalue weighted by atomic mass is 16.5. The van der Waals surface area contributed by atoms with Crippen LogP contribution in [0.3, 0.4) is 0 Å². The van der Waals surface area contributed by atoms with Gasteiger partial charge in [-0.25, -0.2) is 9.59 Å². The van der Waals surface area contributed by atoms with Crippen LogP contribution < -0.4 is 0 Å². The van der Waals surface area contributed by atoms with Crippen LogP contribution in [0.2, 0.25) is 0 Å². The highest BCUT2D eigenvalue weighted by molar-refractivity contribution is 6.03. The number of unbranched alkanes of at least 4 members (excludes halogenated alkanes) is 12. The second kappa shape index (κ2) is 18.5. The van der Waals surface area contributed by atoms with Crippen LogP contribution in [0.5, 0.6) is 0 Å². The van der Waals surface area contributed by atoms with Crippen LogP contribution in [0.1, 0.15) is 124 Å². The molecule has 0 amide bonds. The van der Waals surface area contributed by atoms with Crippen LogP contribution in [0.4, 0.5) is 0 Å². The Balaban J connectivity index is 2.13. The molecule has 0 heterocycles. The summed E-state index contributed by atoms with van der Waals surface area (Å²) in [7, 11) is 0. The van der Waals surface area contributed by atoms with Crippen LogP contribution in [0.15, 0.2) is 36.4 Å². The number of benzene rings is 1.